The van der Waals surface area contributed by atoms with E-state index in [9.17, 15) is 4.79 Å². The van der Waals surface area contributed by atoms with Crippen molar-refractivity contribution in [2.45, 2.75) is 6.92 Å². The van der Waals surface area contributed by atoms with Gasteiger partial charge >= 0.3 is 0 Å². The molecule has 0 fully saturated rings. The van der Waals surface area contributed by atoms with Crippen LogP contribution < -0.4 is 5.32 Å². The molecule has 0 aliphatic heterocycles. The van der Waals surface area contributed by atoms with Crippen LogP contribution in [0.25, 0.3) is 10.1 Å². The van der Waals surface area contributed by atoms with Crippen LogP contribution in [0.5, 0.6) is 0 Å². The first-order chi connectivity index (χ1) is 6.66. The largest absolute Gasteiger partial charge is 0.326 e. The van der Waals surface area contributed by atoms with Crippen LogP contribution in [-0.4, -0.2) is 5.91 Å². The van der Waals surface area contributed by atoms with Gasteiger partial charge in [-0.2, -0.15) is 0 Å². The molecule has 14 heavy (non-hydrogen) atoms. The summed E-state index contributed by atoms with van der Waals surface area (Å²) in [6.45, 7) is 1.49. The number of fused-ring (bicyclic) bond motifs is 1. The number of carbonyl (C=O) groups is 1. The predicted octanol–water partition coefficient (Wildman–Crippen LogP) is 3.51. The molecule has 0 saturated heterocycles. The fraction of sp³-hybridized carbons (Fsp3) is 0.100. The Morgan fingerprint density at radius 1 is 1.50 bits per heavy atom. The van der Waals surface area contributed by atoms with E-state index in [-0.39, 0.29) is 5.91 Å². The first-order valence-electron chi connectivity index (χ1n) is 4.12. The summed E-state index contributed by atoms with van der Waals surface area (Å²) in [5, 5.41) is 3.77. The van der Waals surface area contributed by atoms with Crippen LogP contribution in [-0.2, 0) is 4.79 Å². The SMILES string of the molecule is CC(=O)Nc1cccc2sc(Cl)cc12. The Kier molecular flexibility index (Phi) is 2.44. The highest BCUT2D eigenvalue weighted by atomic mass is 35.5. The summed E-state index contributed by atoms with van der Waals surface area (Å²) in [6, 6.07) is 7.62. The van der Waals surface area contributed by atoms with E-state index in [0.29, 0.717) is 0 Å². The summed E-state index contributed by atoms with van der Waals surface area (Å²) in [5.74, 6) is -0.0696. The molecule has 0 bridgehead atoms. The molecular weight excluding hydrogens is 218 g/mol. The molecule has 1 amide bonds. The fourth-order valence-electron chi connectivity index (χ4n) is 1.33. The van der Waals surface area contributed by atoms with Crippen molar-refractivity contribution in [1.82, 2.24) is 0 Å². The zero-order valence-corrected chi connectivity index (χ0v) is 9.08. The van der Waals surface area contributed by atoms with E-state index in [2.05, 4.69) is 5.32 Å². The molecule has 0 radical (unpaired) electrons. The monoisotopic (exact) mass is 225 g/mol. The minimum absolute atomic E-state index is 0.0696. The van der Waals surface area contributed by atoms with Gasteiger partial charge in [-0.25, -0.2) is 0 Å². The Balaban J connectivity index is 2.58. The molecule has 0 spiro atoms. The number of hydrogen-bond donors (Lipinski definition) is 1. The quantitative estimate of drug-likeness (QED) is 0.791. The van der Waals surface area contributed by atoms with Gasteiger partial charge in [0.2, 0.25) is 5.91 Å². The van der Waals surface area contributed by atoms with Gasteiger partial charge in [0.15, 0.2) is 0 Å². The average Bonchev–Trinajstić information content (AvgIpc) is 2.45. The number of rotatable bonds is 1. The lowest BCUT2D eigenvalue weighted by atomic mass is 10.2. The van der Waals surface area contributed by atoms with Crippen LogP contribution in [0, 0.1) is 0 Å². The minimum atomic E-state index is -0.0696. The number of carbonyl (C=O) groups excluding carboxylic acids is 1. The highest BCUT2D eigenvalue weighted by Gasteiger charge is 2.05. The molecule has 1 heterocycles. The van der Waals surface area contributed by atoms with Crippen molar-refractivity contribution in [2.24, 2.45) is 0 Å². The van der Waals surface area contributed by atoms with Gasteiger partial charge in [-0.05, 0) is 18.2 Å². The Morgan fingerprint density at radius 3 is 3.00 bits per heavy atom. The van der Waals surface area contributed by atoms with E-state index >= 15 is 0 Å². The topological polar surface area (TPSA) is 29.1 Å². The average molecular weight is 226 g/mol. The number of amides is 1. The smallest absolute Gasteiger partial charge is 0.221 e. The van der Waals surface area contributed by atoms with Gasteiger partial charge in [-0.3, -0.25) is 4.79 Å². The van der Waals surface area contributed by atoms with E-state index in [4.69, 9.17) is 11.6 Å². The summed E-state index contributed by atoms with van der Waals surface area (Å²) in [5.41, 5.74) is 0.818. The molecule has 4 heteroatoms. The van der Waals surface area contributed by atoms with Crippen molar-refractivity contribution >= 4 is 44.6 Å². The highest BCUT2D eigenvalue weighted by molar-refractivity contribution is 7.22. The number of hydrogen-bond acceptors (Lipinski definition) is 2. The predicted molar refractivity (Wildman–Crippen MR) is 61.1 cm³/mol. The number of nitrogens with one attached hydrogen (secondary N) is 1. The summed E-state index contributed by atoms with van der Waals surface area (Å²) < 4.78 is 1.82. The van der Waals surface area contributed by atoms with Gasteiger partial charge in [0.1, 0.15) is 0 Å². The van der Waals surface area contributed by atoms with Crippen LogP contribution in [0.2, 0.25) is 4.34 Å². The van der Waals surface area contributed by atoms with Crippen molar-refractivity contribution in [2.75, 3.05) is 5.32 Å². The molecule has 0 aliphatic rings. The summed E-state index contributed by atoms with van der Waals surface area (Å²) in [7, 11) is 0. The zero-order valence-electron chi connectivity index (χ0n) is 7.50. The molecule has 1 N–H and O–H groups in total. The fourth-order valence-corrected chi connectivity index (χ4v) is 2.50. The Bertz CT molecular complexity index is 492. The van der Waals surface area contributed by atoms with E-state index < -0.39 is 0 Å². The van der Waals surface area contributed by atoms with Crippen LogP contribution in [0.4, 0.5) is 5.69 Å². The van der Waals surface area contributed by atoms with E-state index in [1.807, 2.05) is 24.3 Å². The maximum atomic E-state index is 10.9. The van der Waals surface area contributed by atoms with Gasteiger partial charge in [0.25, 0.3) is 0 Å². The standard InChI is InChI=1S/C10H8ClNOS/c1-6(13)12-8-3-2-4-9-7(8)5-10(11)14-9/h2-5H,1H3,(H,12,13). The second-order valence-electron chi connectivity index (χ2n) is 2.95. The molecule has 0 saturated carbocycles. The van der Waals surface area contributed by atoms with Gasteiger partial charge < -0.3 is 5.32 Å². The maximum Gasteiger partial charge on any atom is 0.221 e. The summed E-state index contributed by atoms with van der Waals surface area (Å²) in [4.78, 5) is 10.9. The Hall–Kier alpha value is -1.06. The maximum absolute atomic E-state index is 10.9. The molecular formula is C10H8ClNOS. The first-order valence-corrected chi connectivity index (χ1v) is 5.32. The lowest BCUT2D eigenvalue weighted by Crippen LogP contribution is -2.05. The normalized spacial score (nSPS) is 10.4. The molecule has 1 aromatic heterocycles. The Morgan fingerprint density at radius 2 is 2.29 bits per heavy atom. The second-order valence-corrected chi connectivity index (χ2v) is 4.66. The van der Waals surface area contributed by atoms with Gasteiger partial charge in [-0.1, -0.05) is 17.7 Å². The summed E-state index contributed by atoms with van der Waals surface area (Å²) in [6.07, 6.45) is 0. The van der Waals surface area contributed by atoms with Crippen molar-refractivity contribution in [1.29, 1.82) is 0 Å². The third kappa shape index (κ3) is 1.74. The van der Waals surface area contributed by atoms with Gasteiger partial charge in [-0.15, -0.1) is 11.3 Å². The number of anilines is 1. The third-order valence-electron chi connectivity index (χ3n) is 1.84. The molecule has 0 aliphatic carbocycles. The van der Waals surface area contributed by atoms with Crippen molar-refractivity contribution in [3.05, 3.63) is 28.6 Å². The highest BCUT2D eigenvalue weighted by Crippen LogP contribution is 2.33. The van der Waals surface area contributed by atoms with Crippen molar-refractivity contribution in [3.8, 4) is 0 Å². The first kappa shape index (κ1) is 9.49. The molecule has 2 nitrogen and oxygen atoms in total. The van der Waals surface area contributed by atoms with Crippen LogP contribution >= 0.6 is 22.9 Å². The molecule has 2 aromatic rings. The summed E-state index contributed by atoms with van der Waals surface area (Å²) >= 11 is 7.40. The van der Waals surface area contributed by atoms with Crippen LogP contribution in [0.3, 0.4) is 0 Å². The Labute approximate surface area is 90.5 Å². The molecule has 0 unspecified atom stereocenters. The van der Waals surface area contributed by atoms with Crippen molar-refractivity contribution < 1.29 is 4.79 Å². The molecule has 0 atom stereocenters. The number of thiophene rings is 1. The van der Waals surface area contributed by atoms with E-state index in [1.165, 1.54) is 18.3 Å². The molecule has 1 aromatic carbocycles. The minimum Gasteiger partial charge on any atom is -0.326 e. The number of benzene rings is 1. The van der Waals surface area contributed by atoms with Crippen LogP contribution in [0.1, 0.15) is 6.92 Å². The molecule has 72 valence electrons. The zero-order chi connectivity index (χ0) is 10.1. The van der Waals surface area contributed by atoms with Crippen molar-refractivity contribution in [3.63, 3.8) is 0 Å². The van der Waals surface area contributed by atoms with E-state index in [0.717, 1.165) is 20.1 Å². The molecule has 2 rings (SSSR count). The van der Waals surface area contributed by atoms with E-state index in [1.54, 1.807) is 0 Å². The lowest BCUT2D eigenvalue weighted by Gasteiger charge is -2.02. The lowest BCUT2D eigenvalue weighted by molar-refractivity contribution is -0.114. The third-order valence-corrected chi connectivity index (χ3v) is 3.07. The van der Waals surface area contributed by atoms with Gasteiger partial charge in [0.05, 0.1) is 4.34 Å². The second kappa shape index (κ2) is 3.59. The van der Waals surface area contributed by atoms with Crippen LogP contribution in [0.15, 0.2) is 24.3 Å². The number of halogens is 1. The van der Waals surface area contributed by atoms with Gasteiger partial charge in [0, 0.05) is 22.7 Å².